The number of methoxy groups -OCH3 is 1. The molecule has 2 saturated carbocycles. The van der Waals surface area contributed by atoms with Crippen molar-refractivity contribution in [1.82, 2.24) is 0 Å². The average molecular weight is 371 g/mol. The van der Waals surface area contributed by atoms with E-state index in [1.54, 1.807) is 0 Å². The minimum absolute atomic E-state index is 0.280. The molecule has 2 aliphatic carbocycles. The van der Waals surface area contributed by atoms with Crippen LogP contribution in [0.1, 0.15) is 65.2 Å². The lowest BCUT2D eigenvalue weighted by atomic mass is 9.59. The van der Waals surface area contributed by atoms with Gasteiger partial charge in [0.15, 0.2) is 6.29 Å². The summed E-state index contributed by atoms with van der Waals surface area (Å²) in [6.07, 6.45) is 9.73. The summed E-state index contributed by atoms with van der Waals surface area (Å²) in [7, 11) is 1.51. The predicted molar refractivity (Wildman–Crippen MR) is 99.6 cm³/mol. The zero-order valence-electron chi connectivity index (χ0n) is 16.8. The molecule has 152 valence electrons. The first-order valence-electron chi connectivity index (χ1n) is 10.5. The summed E-state index contributed by atoms with van der Waals surface area (Å²) in [5.74, 6) is 2.29. The van der Waals surface area contributed by atoms with E-state index in [0.29, 0.717) is 24.2 Å². The molecular weight excluding hydrogens is 332 g/mol. The van der Waals surface area contributed by atoms with E-state index in [2.05, 4.69) is 13.8 Å². The van der Waals surface area contributed by atoms with Crippen LogP contribution >= 0.6 is 0 Å². The van der Waals surface area contributed by atoms with Crippen LogP contribution in [-0.2, 0) is 18.9 Å². The van der Waals surface area contributed by atoms with Crippen molar-refractivity contribution in [2.45, 2.75) is 83.7 Å². The van der Waals surface area contributed by atoms with Gasteiger partial charge in [0.1, 0.15) is 6.79 Å². The van der Waals surface area contributed by atoms with Crippen LogP contribution in [0.3, 0.4) is 0 Å². The molecule has 2 unspecified atom stereocenters. The van der Waals surface area contributed by atoms with Crippen LogP contribution in [0.4, 0.5) is 0 Å². The molecule has 0 amide bonds. The quantitative estimate of drug-likeness (QED) is 0.692. The number of aliphatic hydroxyl groups excluding tert-OH is 1. The molecule has 0 bridgehead atoms. The molecule has 1 N–H and O–H groups in total. The van der Waals surface area contributed by atoms with Gasteiger partial charge in [-0.25, -0.2) is 0 Å². The molecule has 0 aromatic carbocycles. The fraction of sp³-hybridized carbons (Fsp3) is 1.00. The van der Waals surface area contributed by atoms with Gasteiger partial charge in [0.2, 0.25) is 0 Å². The fourth-order valence-electron chi connectivity index (χ4n) is 5.45. The zero-order valence-corrected chi connectivity index (χ0v) is 16.8. The van der Waals surface area contributed by atoms with E-state index in [4.69, 9.17) is 18.9 Å². The van der Waals surface area contributed by atoms with E-state index in [0.717, 1.165) is 31.3 Å². The Kier molecular flexibility index (Phi) is 7.37. The van der Waals surface area contributed by atoms with Crippen LogP contribution in [-0.4, -0.2) is 50.7 Å². The first-order chi connectivity index (χ1) is 12.5. The molecular formula is C21H38O5. The highest BCUT2D eigenvalue weighted by Gasteiger charge is 2.42. The highest BCUT2D eigenvalue weighted by molar-refractivity contribution is 4.92. The minimum Gasteiger partial charge on any atom is -0.373 e. The third-order valence-corrected chi connectivity index (χ3v) is 7.47. The summed E-state index contributed by atoms with van der Waals surface area (Å²) in [6.45, 7) is 6.55. The third-order valence-electron chi connectivity index (χ3n) is 7.47. The first-order valence-corrected chi connectivity index (χ1v) is 10.5. The number of aliphatic hydroxyl groups is 1. The Balaban J connectivity index is 1.42. The van der Waals surface area contributed by atoms with Gasteiger partial charge < -0.3 is 24.1 Å². The van der Waals surface area contributed by atoms with E-state index < -0.39 is 6.29 Å². The van der Waals surface area contributed by atoms with E-state index in [1.807, 2.05) is 0 Å². The van der Waals surface area contributed by atoms with Crippen molar-refractivity contribution in [2.75, 3.05) is 27.1 Å². The van der Waals surface area contributed by atoms with Crippen LogP contribution in [0.2, 0.25) is 0 Å². The second-order valence-corrected chi connectivity index (χ2v) is 9.12. The van der Waals surface area contributed by atoms with Crippen molar-refractivity contribution >= 4 is 0 Å². The van der Waals surface area contributed by atoms with E-state index >= 15 is 0 Å². The predicted octanol–water partition coefficient (Wildman–Crippen LogP) is 3.73. The standard InChI is InChI=1S/C21H38O5/c1-21(2,16-6-4-15(5-7-16)19-12-24-14-26-19)17-8-10-18(11-9-17)25-13-20(22)23-3/h15-20,22H,4-14H2,1-3H3. The monoisotopic (exact) mass is 370 g/mol. The van der Waals surface area contributed by atoms with Crippen LogP contribution in [0.25, 0.3) is 0 Å². The Morgan fingerprint density at radius 1 is 1.00 bits per heavy atom. The molecule has 5 heteroatoms. The zero-order chi connectivity index (χ0) is 18.6. The summed E-state index contributed by atoms with van der Waals surface area (Å²) < 4.78 is 21.8. The summed E-state index contributed by atoms with van der Waals surface area (Å²) in [5.41, 5.74) is 0.398. The lowest BCUT2D eigenvalue weighted by Crippen LogP contribution is -2.39. The molecule has 5 nitrogen and oxygen atoms in total. The molecule has 26 heavy (non-hydrogen) atoms. The van der Waals surface area contributed by atoms with Gasteiger partial charge in [-0.1, -0.05) is 13.8 Å². The van der Waals surface area contributed by atoms with Crippen LogP contribution < -0.4 is 0 Å². The maximum Gasteiger partial charge on any atom is 0.177 e. The van der Waals surface area contributed by atoms with E-state index in [-0.39, 0.29) is 12.7 Å². The largest absolute Gasteiger partial charge is 0.373 e. The summed E-state index contributed by atoms with van der Waals surface area (Å²) in [4.78, 5) is 0. The van der Waals surface area contributed by atoms with Gasteiger partial charge in [-0.05, 0) is 74.5 Å². The average Bonchev–Trinajstić information content (AvgIpc) is 3.21. The van der Waals surface area contributed by atoms with Crippen molar-refractivity contribution < 1.29 is 24.1 Å². The van der Waals surface area contributed by atoms with Crippen molar-refractivity contribution in [3.63, 3.8) is 0 Å². The number of hydrogen-bond donors (Lipinski definition) is 1. The number of hydrogen-bond acceptors (Lipinski definition) is 5. The van der Waals surface area contributed by atoms with Crippen LogP contribution in [0.5, 0.6) is 0 Å². The van der Waals surface area contributed by atoms with Gasteiger partial charge in [0, 0.05) is 7.11 Å². The maximum atomic E-state index is 9.48. The normalized spacial score (nSPS) is 37.6. The van der Waals surface area contributed by atoms with Crippen molar-refractivity contribution in [1.29, 1.82) is 0 Å². The van der Waals surface area contributed by atoms with Gasteiger partial charge in [-0.2, -0.15) is 0 Å². The Labute approximate surface area is 158 Å². The summed E-state index contributed by atoms with van der Waals surface area (Å²) >= 11 is 0. The van der Waals surface area contributed by atoms with Gasteiger partial charge in [-0.3, -0.25) is 0 Å². The lowest BCUT2D eigenvalue weighted by Gasteiger charge is -2.47. The molecule has 0 spiro atoms. The third kappa shape index (κ3) is 4.99. The van der Waals surface area contributed by atoms with E-state index in [9.17, 15) is 5.11 Å². The molecule has 2 atom stereocenters. The van der Waals surface area contributed by atoms with Gasteiger partial charge in [0.05, 0.1) is 25.4 Å². The molecule has 3 aliphatic rings. The van der Waals surface area contributed by atoms with Crippen molar-refractivity contribution in [3.05, 3.63) is 0 Å². The summed E-state index contributed by atoms with van der Waals surface area (Å²) in [5, 5.41) is 9.48. The van der Waals surface area contributed by atoms with Gasteiger partial charge in [-0.15, -0.1) is 0 Å². The number of ether oxygens (including phenoxy) is 4. The maximum absolute atomic E-state index is 9.48. The summed E-state index contributed by atoms with van der Waals surface area (Å²) in [6, 6.07) is 0. The highest BCUT2D eigenvalue weighted by Crippen LogP contribution is 2.50. The molecule has 1 saturated heterocycles. The molecule has 3 rings (SSSR count). The number of rotatable bonds is 7. The highest BCUT2D eigenvalue weighted by atomic mass is 16.7. The van der Waals surface area contributed by atoms with Crippen molar-refractivity contribution in [3.8, 4) is 0 Å². The molecule has 3 fully saturated rings. The molecule has 0 radical (unpaired) electrons. The lowest BCUT2D eigenvalue weighted by molar-refractivity contribution is -0.139. The second-order valence-electron chi connectivity index (χ2n) is 9.12. The Hall–Kier alpha value is -0.200. The Morgan fingerprint density at radius 2 is 1.62 bits per heavy atom. The fourth-order valence-corrected chi connectivity index (χ4v) is 5.45. The molecule has 0 aromatic rings. The molecule has 1 heterocycles. The molecule has 0 aromatic heterocycles. The van der Waals surface area contributed by atoms with E-state index in [1.165, 1.54) is 45.6 Å². The van der Waals surface area contributed by atoms with Crippen LogP contribution in [0, 0.1) is 23.2 Å². The van der Waals surface area contributed by atoms with Crippen LogP contribution in [0.15, 0.2) is 0 Å². The topological polar surface area (TPSA) is 57.2 Å². The Bertz CT molecular complexity index is 405. The molecule has 1 aliphatic heterocycles. The van der Waals surface area contributed by atoms with Crippen molar-refractivity contribution in [2.24, 2.45) is 23.2 Å². The SMILES string of the molecule is COC(O)COC1CCC(C(C)(C)C2CCC(C3COCO3)CC2)CC1. The first kappa shape index (κ1) is 20.5. The minimum atomic E-state index is -0.798. The van der Waals surface area contributed by atoms with Gasteiger partial charge >= 0.3 is 0 Å². The second kappa shape index (κ2) is 9.33. The van der Waals surface area contributed by atoms with Gasteiger partial charge in [0.25, 0.3) is 0 Å². The Morgan fingerprint density at radius 3 is 2.15 bits per heavy atom. The smallest absolute Gasteiger partial charge is 0.177 e.